The van der Waals surface area contributed by atoms with Crippen LogP contribution < -0.4 is 0 Å². The highest BCUT2D eigenvalue weighted by atomic mass is 79.9. The summed E-state index contributed by atoms with van der Waals surface area (Å²) in [5.74, 6) is 0.278. The number of carbonyl (C=O) groups excluding carboxylic acids is 1. The number of unbranched alkanes of at least 4 members (excludes halogenated alkanes) is 4. The van der Waals surface area contributed by atoms with Crippen LogP contribution in [0.2, 0.25) is 0 Å². The molecule has 1 amide bonds. The van der Waals surface area contributed by atoms with Gasteiger partial charge >= 0.3 is 0 Å². The molecule has 102 valence electrons. The maximum Gasteiger partial charge on any atom is 0.236 e. The van der Waals surface area contributed by atoms with E-state index < -0.39 is 0 Å². The van der Waals surface area contributed by atoms with Crippen LogP contribution in [0.15, 0.2) is 0 Å². The van der Waals surface area contributed by atoms with E-state index in [9.17, 15) is 4.79 Å². The van der Waals surface area contributed by atoms with E-state index in [1.165, 1.54) is 25.7 Å². The molecule has 17 heavy (non-hydrogen) atoms. The Morgan fingerprint density at radius 1 is 1.00 bits per heavy atom. The molecule has 2 nitrogen and oxygen atoms in total. The fourth-order valence-corrected chi connectivity index (χ4v) is 2.10. The molecule has 0 N–H and O–H groups in total. The lowest BCUT2D eigenvalue weighted by atomic mass is 10.2. The number of nitrogens with zero attached hydrogens (tertiary/aromatic N) is 1. The lowest BCUT2D eigenvalue weighted by Crippen LogP contribution is -2.37. The van der Waals surface area contributed by atoms with Gasteiger partial charge in [-0.1, -0.05) is 62.4 Å². The normalized spacial score (nSPS) is 12.5. The highest BCUT2D eigenvalue weighted by molar-refractivity contribution is 9.10. The smallest absolute Gasteiger partial charge is 0.236 e. The van der Waals surface area contributed by atoms with Gasteiger partial charge in [-0.3, -0.25) is 4.79 Å². The van der Waals surface area contributed by atoms with Gasteiger partial charge in [-0.05, 0) is 19.3 Å². The summed E-state index contributed by atoms with van der Waals surface area (Å²) >= 11 is 3.47. The lowest BCUT2D eigenvalue weighted by Gasteiger charge is -2.24. The molecule has 0 radical (unpaired) electrons. The summed E-state index contributed by atoms with van der Waals surface area (Å²) in [7, 11) is 0. The van der Waals surface area contributed by atoms with Crippen LogP contribution in [0.4, 0.5) is 0 Å². The molecule has 1 unspecified atom stereocenters. The minimum absolute atomic E-state index is 0.00533. The molecule has 0 aliphatic heterocycles. The number of alkyl halides is 1. The zero-order chi connectivity index (χ0) is 13.1. The summed E-state index contributed by atoms with van der Waals surface area (Å²) < 4.78 is 0. The number of carbonyl (C=O) groups is 1. The second-order valence-electron chi connectivity index (χ2n) is 4.62. The average molecular weight is 306 g/mol. The van der Waals surface area contributed by atoms with Gasteiger partial charge in [0, 0.05) is 13.1 Å². The standard InChI is InChI=1S/C14H28BrNO/c1-4-7-9-11-16(12-10-8-5-2)14(17)13(15)6-3/h13H,4-12H2,1-3H3. The molecular weight excluding hydrogens is 278 g/mol. The molecule has 1 atom stereocenters. The van der Waals surface area contributed by atoms with E-state index in [0.29, 0.717) is 0 Å². The molecule has 0 bridgehead atoms. The second-order valence-corrected chi connectivity index (χ2v) is 5.72. The summed E-state index contributed by atoms with van der Waals surface area (Å²) in [5.41, 5.74) is 0. The Labute approximate surface area is 115 Å². The van der Waals surface area contributed by atoms with Crippen LogP contribution in [0, 0.1) is 0 Å². The molecule has 0 aliphatic carbocycles. The van der Waals surface area contributed by atoms with E-state index in [-0.39, 0.29) is 10.7 Å². The van der Waals surface area contributed by atoms with Crippen molar-refractivity contribution in [2.24, 2.45) is 0 Å². The number of amides is 1. The minimum Gasteiger partial charge on any atom is -0.342 e. The molecule has 0 aromatic carbocycles. The van der Waals surface area contributed by atoms with Crippen molar-refractivity contribution in [3.05, 3.63) is 0 Å². The first-order valence-corrected chi connectivity index (χ1v) is 8.01. The SMILES string of the molecule is CCCCCN(CCCCC)C(=O)C(Br)CC. The van der Waals surface area contributed by atoms with E-state index in [0.717, 1.165) is 32.4 Å². The van der Waals surface area contributed by atoms with E-state index in [1.54, 1.807) is 0 Å². The highest BCUT2D eigenvalue weighted by Crippen LogP contribution is 2.12. The van der Waals surface area contributed by atoms with Gasteiger partial charge in [-0.15, -0.1) is 0 Å². The van der Waals surface area contributed by atoms with Crippen molar-refractivity contribution < 1.29 is 4.79 Å². The van der Waals surface area contributed by atoms with Crippen LogP contribution in [0.25, 0.3) is 0 Å². The Hall–Kier alpha value is -0.0500. The van der Waals surface area contributed by atoms with Crippen molar-refractivity contribution in [2.45, 2.75) is 70.5 Å². The summed E-state index contributed by atoms with van der Waals surface area (Å²) in [5, 5.41) is 0. The largest absolute Gasteiger partial charge is 0.342 e. The van der Waals surface area contributed by atoms with E-state index >= 15 is 0 Å². The number of halogens is 1. The number of hydrogen-bond donors (Lipinski definition) is 0. The van der Waals surface area contributed by atoms with Gasteiger partial charge in [-0.25, -0.2) is 0 Å². The van der Waals surface area contributed by atoms with Crippen molar-refractivity contribution in [1.29, 1.82) is 0 Å². The first kappa shape index (κ1) is 16.9. The maximum atomic E-state index is 12.1. The third kappa shape index (κ3) is 7.80. The Balaban J connectivity index is 4.12. The average Bonchev–Trinajstić information content (AvgIpc) is 2.35. The maximum absolute atomic E-state index is 12.1. The minimum atomic E-state index is 0.00533. The fourth-order valence-electron chi connectivity index (χ4n) is 1.81. The van der Waals surface area contributed by atoms with Crippen LogP contribution in [-0.2, 0) is 4.79 Å². The molecule has 0 fully saturated rings. The van der Waals surface area contributed by atoms with E-state index in [2.05, 4.69) is 29.8 Å². The second kappa shape index (κ2) is 11.1. The summed E-state index contributed by atoms with van der Waals surface area (Å²) in [6, 6.07) is 0. The van der Waals surface area contributed by atoms with Crippen LogP contribution in [0.1, 0.15) is 65.7 Å². The zero-order valence-corrected chi connectivity index (χ0v) is 13.3. The van der Waals surface area contributed by atoms with Gasteiger partial charge in [0.25, 0.3) is 0 Å². The Morgan fingerprint density at radius 3 is 1.82 bits per heavy atom. The predicted octanol–water partition coefficient (Wildman–Crippen LogP) is 4.37. The molecule has 0 aromatic rings. The third-order valence-corrected chi connectivity index (χ3v) is 4.04. The van der Waals surface area contributed by atoms with Crippen molar-refractivity contribution in [2.75, 3.05) is 13.1 Å². The Morgan fingerprint density at radius 2 is 1.47 bits per heavy atom. The molecule has 0 heterocycles. The molecule has 0 spiro atoms. The summed E-state index contributed by atoms with van der Waals surface area (Å²) in [4.78, 5) is 14.2. The van der Waals surface area contributed by atoms with Crippen LogP contribution in [0.3, 0.4) is 0 Å². The summed E-state index contributed by atoms with van der Waals surface area (Å²) in [6.45, 7) is 8.30. The molecule has 0 saturated heterocycles. The van der Waals surface area contributed by atoms with Gasteiger partial charge in [0.1, 0.15) is 0 Å². The van der Waals surface area contributed by atoms with Gasteiger partial charge in [0.05, 0.1) is 4.83 Å². The molecular formula is C14H28BrNO. The Bertz CT molecular complexity index is 187. The molecule has 3 heteroatoms. The lowest BCUT2D eigenvalue weighted by molar-refractivity contribution is -0.130. The fraction of sp³-hybridized carbons (Fsp3) is 0.929. The van der Waals surface area contributed by atoms with Crippen LogP contribution in [-0.4, -0.2) is 28.7 Å². The number of hydrogen-bond acceptors (Lipinski definition) is 1. The van der Waals surface area contributed by atoms with Gasteiger partial charge in [0.2, 0.25) is 5.91 Å². The van der Waals surface area contributed by atoms with Crippen molar-refractivity contribution in [3.63, 3.8) is 0 Å². The molecule has 0 aromatic heterocycles. The van der Waals surface area contributed by atoms with Crippen LogP contribution >= 0.6 is 15.9 Å². The van der Waals surface area contributed by atoms with Crippen LogP contribution in [0.5, 0.6) is 0 Å². The van der Waals surface area contributed by atoms with Gasteiger partial charge in [-0.2, -0.15) is 0 Å². The van der Waals surface area contributed by atoms with Gasteiger partial charge in [0.15, 0.2) is 0 Å². The molecule has 0 rings (SSSR count). The van der Waals surface area contributed by atoms with Crippen molar-refractivity contribution in [3.8, 4) is 0 Å². The monoisotopic (exact) mass is 305 g/mol. The zero-order valence-electron chi connectivity index (χ0n) is 11.7. The van der Waals surface area contributed by atoms with E-state index in [1.807, 2.05) is 11.8 Å². The molecule has 0 saturated carbocycles. The first-order chi connectivity index (χ1) is 8.17. The summed E-state index contributed by atoms with van der Waals surface area (Å²) in [6.07, 6.45) is 8.00. The first-order valence-electron chi connectivity index (χ1n) is 7.10. The Kier molecular flexibility index (Phi) is 11.0. The number of rotatable bonds is 10. The highest BCUT2D eigenvalue weighted by Gasteiger charge is 2.19. The van der Waals surface area contributed by atoms with E-state index in [4.69, 9.17) is 0 Å². The quantitative estimate of drug-likeness (QED) is 0.433. The predicted molar refractivity (Wildman–Crippen MR) is 78.6 cm³/mol. The van der Waals surface area contributed by atoms with Crippen molar-refractivity contribution >= 4 is 21.8 Å². The van der Waals surface area contributed by atoms with Crippen molar-refractivity contribution in [1.82, 2.24) is 4.90 Å². The van der Waals surface area contributed by atoms with Gasteiger partial charge < -0.3 is 4.90 Å². The third-order valence-electron chi connectivity index (χ3n) is 3.00. The molecule has 0 aliphatic rings. The topological polar surface area (TPSA) is 20.3 Å².